The van der Waals surface area contributed by atoms with Gasteiger partial charge in [0.1, 0.15) is 0 Å². The Morgan fingerprint density at radius 1 is 1.19 bits per heavy atom. The Hall–Kier alpha value is -1.30. The highest BCUT2D eigenvalue weighted by Crippen LogP contribution is 2.54. The van der Waals surface area contributed by atoms with Crippen LogP contribution in [-0.4, -0.2) is 67.2 Å². The molecule has 5 atom stereocenters. The Bertz CT molecular complexity index is 510. The van der Waals surface area contributed by atoms with Gasteiger partial charge in [-0.2, -0.15) is 0 Å². The number of carbonyl (C=O) groups is 2. The molecule has 6 nitrogen and oxygen atoms in total. The van der Waals surface area contributed by atoms with Gasteiger partial charge in [0.25, 0.3) is 0 Å². The predicted octanol–water partition coefficient (Wildman–Crippen LogP) is 2.34. The molecule has 26 heavy (non-hydrogen) atoms. The molecule has 0 bridgehead atoms. The number of nitrogens with zero attached hydrogens (tertiary/aromatic N) is 2. The van der Waals surface area contributed by atoms with Crippen molar-refractivity contribution >= 4 is 12.0 Å². The SMILES string of the molecule is CCOC(=O)N[C@H](CC)CC(C1CC1)N1C[C@@H]2C(C(=O)N(C)CC)[C@@H]2C1. The van der Waals surface area contributed by atoms with E-state index < -0.39 is 0 Å². The number of amides is 2. The summed E-state index contributed by atoms with van der Waals surface area (Å²) in [6, 6.07) is 0.703. The lowest BCUT2D eigenvalue weighted by Crippen LogP contribution is -2.45. The van der Waals surface area contributed by atoms with Crippen LogP contribution >= 0.6 is 0 Å². The Morgan fingerprint density at radius 3 is 2.35 bits per heavy atom. The zero-order chi connectivity index (χ0) is 18.8. The van der Waals surface area contributed by atoms with Crippen LogP contribution in [0.1, 0.15) is 46.5 Å². The maximum Gasteiger partial charge on any atom is 0.407 e. The van der Waals surface area contributed by atoms with Gasteiger partial charge >= 0.3 is 6.09 Å². The molecular weight excluding hydrogens is 330 g/mol. The highest BCUT2D eigenvalue weighted by atomic mass is 16.5. The van der Waals surface area contributed by atoms with Gasteiger partial charge in [0, 0.05) is 44.7 Å². The minimum Gasteiger partial charge on any atom is -0.450 e. The van der Waals surface area contributed by atoms with Crippen molar-refractivity contribution in [1.82, 2.24) is 15.1 Å². The molecule has 1 N–H and O–H groups in total. The predicted molar refractivity (Wildman–Crippen MR) is 101 cm³/mol. The normalized spacial score (nSPS) is 29.6. The zero-order valence-electron chi connectivity index (χ0n) is 16.7. The summed E-state index contributed by atoms with van der Waals surface area (Å²) < 4.78 is 5.05. The summed E-state index contributed by atoms with van der Waals surface area (Å²) in [7, 11) is 1.91. The number of alkyl carbamates (subject to hydrolysis) is 1. The third-order valence-electron chi connectivity index (χ3n) is 6.61. The van der Waals surface area contributed by atoms with E-state index in [1.807, 2.05) is 25.8 Å². The van der Waals surface area contributed by atoms with Crippen LogP contribution in [0.2, 0.25) is 0 Å². The maximum atomic E-state index is 12.4. The van der Waals surface area contributed by atoms with Gasteiger partial charge in [-0.3, -0.25) is 9.69 Å². The van der Waals surface area contributed by atoms with E-state index in [1.54, 1.807) is 0 Å². The molecule has 2 amide bonds. The van der Waals surface area contributed by atoms with E-state index in [1.165, 1.54) is 12.8 Å². The van der Waals surface area contributed by atoms with Gasteiger partial charge in [0.05, 0.1) is 6.61 Å². The van der Waals surface area contributed by atoms with Crippen LogP contribution in [-0.2, 0) is 9.53 Å². The molecule has 6 heteroatoms. The standard InChI is InChI=1S/C20H35N3O3/c1-5-14(21-20(25)26-7-3)10-17(13-8-9-13)23-11-15-16(12-23)18(15)19(24)22(4)6-2/h13-18H,5-12H2,1-4H3,(H,21,25)/t14-,15-,16+,17?,18?/m1/s1. The lowest BCUT2D eigenvalue weighted by molar-refractivity contribution is -0.132. The Labute approximate surface area is 157 Å². The lowest BCUT2D eigenvalue weighted by Gasteiger charge is -2.33. The third-order valence-corrected chi connectivity index (χ3v) is 6.61. The summed E-state index contributed by atoms with van der Waals surface area (Å²) in [5, 5.41) is 3.03. The van der Waals surface area contributed by atoms with Gasteiger partial charge in [0.2, 0.25) is 5.91 Å². The quantitative estimate of drug-likeness (QED) is 0.681. The second kappa shape index (κ2) is 8.15. The first-order valence-corrected chi connectivity index (χ1v) is 10.4. The average Bonchev–Trinajstić information content (AvgIpc) is 3.54. The molecule has 0 aromatic carbocycles. The highest BCUT2D eigenvalue weighted by Gasteiger charge is 2.61. The van der Waals surface area contributed by atoms with E-state index >= 15 is 0 Å². The molecule has 2 saturated carbocycles. The van der Waals surface area contributed by atoms with Gasteiger partial charge in [-0.05, 0) is 57.3 Å². The van der Waals surface area contributed by atoms with Crippen LogP contribution in [0.25, 0.3) is 0 Å². The summed E-state index contributed by atoms with van der Waals surface area (Å²) in [5.74, 6) is 2.46. The van der Waals surface area contributed by atoms with Gasteiger partial charge < -0.3 is 15.0 Å². The molecule has 148 valence electrons. The van der Waals surface area contributed by atoms with Crippen LogP contribution in [0.3, 0.4) is 0 Å². The van der Waals surface area contributed by atoms with Crippen LogP contribution in [0.15, 0.2) is 0 Å². The fourth-order valence-electron chi connectivity index (χ4n) is 4.69. The fraction of sp³-hybridized carbons (Fsp3) is 0.900. The molecule has 3 aliphatic rings. The molecule has 1 aliphatic heterocycles. The molecule has 0 aromatic heterocycles. The molecule has 2 unspecified atom stereocenters. The summed E-state index contributed by atoms with van der Waals surface area (Å²) in [5.41, 5.74) is 0. The van der Waals surface area contributed by atoms with Crippen molar-refractivity contribution in [2.45, 2.75) is 58.5 Å². The lowest BCUT2D eigenvalue weighted by atomic mass is 9.99. The number of hydrogen-bond acceptors (Lipinski definition) is 4. The Morgan fingerprint density at radius 2 is 1.85 bits per heavy atom. The minimum absolute atomic E-state index is 0.167. The third kappa shape index (κ3) is 4.16. The molecule has 1 heterocycles. The van der Waals surface area contributed by atoms with Crippen LogP contribution in [0, 0.1) is 23.7 Å². The van der Waals surface area contributed by atoms with Crippen molar-refractivity contribution in [2.24, 2.45) is 23.7 Å². The molecule has 0 spiro atoms. The fourth-order valence-corrected chi connectivity index (χ4v) is 4.69. The summed E-state index contributed by atoms with van der Waals surface area (Å²) in [6.45, 7) is 9.29. The summed E-state index contributed by atoms with van der Waals surface area (Å²) in [4.78, 5) is 28.7. The van der Waals surface area contributed by atoms with E-state index in [-0.39, 0.29) is 18.1 Å². The van der Waals surface area contributed by atoms with Crippen LogP contribution in [0.5, 0.6) is 0 Å². The number of piperidine rings is 1. The van der Waals surface area contributed by atoms with Crippen molar-refractivity contribution < 1.29 is 14.3 Å². The molecule has 3 rings (SSSR count). The molecular formula is C20H35N3O3. The zero-order valence-corrected chi connectivity index (χ0v) is 16.7. The van der Waals surface area contributed by atoms with E-state index in [0.717, 1.165) is 38.4 Å². The summed E-state index contributed by atoms with van der Waals surface area (Å²) >= 11 is 0. The monoisotopic (exact) mass is 365 g/mol. The molecule has 0 radical (unpaired) electrons. The van der Waals surface area contributed by atoms with E-state index in [4.69, 9.17) is 4.74 Å². The molecule has 1 saturated heterocycles. The number of hydrogen-bond donors (Lipinski definition) is 1. The van der Waals surface area contributed by atoms with Gasteiger partial charge in [-0.15, -0.1) is 0 Å². The molecule has 2 aliphatic carbocycles. The summed E-state index contributed by atoms with van der Waals surface area (Å²) in [6.07, 6.45) is 4.21. The van der Waals surface area contributed by atoms with Crippen molar-refractivity contribution in [2.75, 3.05) is 33.3 Å². The van der Waals surface area contributed by atoms with E-state index in [2.05, 4.69) is 17.1 Å². The van der Waals surface area contributed by atoms with Gasteiger partial charge in [-0.25, -0.2) is 4.79 Å². The molecule has 3 fully saturated rings. The van der Waals surface area contributed by atoms with Crippen molar-refractivity contribution in [3.05, 3.63) is 0 Å². The number of rotatable bonds is 9. The van der Waals surface area contributed by atoms with Crippen LogP contribution in [0.4, 0.5) is 4.79 Å². The Balaban J connectivity index is 1.53. The van der Waals surface area contributed by atoms with Crippen molar-refractivity contribution in [3.63, 3.8) is 0 Å². The van der Waals surface area contributed by atoms with E-state index in [0.29, 0.717) is 30.4 Å². The van der Waals surface area contributed by atoms with E-state index in [9.17, 15) is 9.59 Å². The van der Waals surface area contributed by atoms with Gasteiger partial charge in [-0.1, -0.05) is 6.92 Å². The first kappa shape index (κ1) is 19.5. The first-order valence-electron chi connectivity index (χ1n) is 10.4. The largest absolute Gasteiger partial charge is 0.450 e. The second-order valence-corrected chi connectivity index (χ2v) is 8.27. The topological polar surface area (TPSA) is 61.9 Å². The van der Waals surface area contributed by atoms with Gasteiger partial charge in [0.15, 0.2) is 0 Å². The Kier molecular flexibility index (Phi) is 6.10. The number of carbonyl (C=O) groups excluding carboxylic acids is 2. The number of likely N-dealkylation sites (tertiary alicyclic amines) is 1. The number of nitrogens with one attached hydrogen (secondary N) is 1. The average molecular weight is 366 g/mol. The van der Waals surface area contributed by atoms with Crippen molar-refractivity contribution in [3.8, 4) is 0 Å². The number of fused-ring (bicyclic) bond motifs is 1. The maximum absolute atomic E-state index is 12.4. The smallest absolute Gasteiger partial charge is 0.407 e. The van der Waals surface area contributed by atoms with Crippen LogP contribution < -0.4 is 5.32 Å². The number of ether oxygens (including phenoxy) is 1. The van der Waals surface area contributed by atoms with Crippen molar-refractivity contribution in [1.29, 1.82) is 0 Å². The highest BCUT2D eigenvalue weighted by molar-refractivity contribution is 5.82. The minimum atomic E-state index is -0.300. The molecule has 0 aromatic rings. The second-order valence-electron chi connectivity index (χ2n) is 8.27. The first-order chi connectivity index (χ1) is 12.5.